The van der Waals surface area contributed by atoms with Crippen LogP contribution in [0, 0.1) is 0 Å². The number of piperidine rings is 1. The number of rotatable bonds is 3. The fourth-order valence-electron chi connectivity index (χ4n) is 3.47. The quantitative estimate of drug-likeness (QED) is 0.714. The maximum absolute atomic E-state index is 12.4. The normalized spacial score (nSPS) is 25.1. The van der Waals surface area contributed by atoms with E-state index in [1.165, 1.54) is 30.7 Å². The molecule has 3 rings (SSSR count). The Balaban J connectivity index is 1.60. The molecule has 9 heteroatoms. The topological polar surface area (TPSA) is 116 Å². The maximum atomic E-state index is 12.4. The van der Waals surface area contributed by atoms with Crippen molar-refractivity contribution in [2.24, 2.45) is 5.14 Å². The number of nitrogens with zero attached hydrogens (tertiary/aromatic N) is 2. The van der Waals surface area contributed by atoms with Gasteiger partial charge < -0.3 is 15.3 Å². The Kier molecular flexibility index (Phi) is 5.28. The molecule has 138 valence electrons. The van der Waals surface area contributed by atoms with Gasteiger partial charge in [-0.2, -0.15) is 0 Å². The molecule has 2 amide bonds. The smallest absolute Gasteiger partial charge is 0.321 e. The summed E-state index contributed by atoms with van der Waals surface area (Å²) in [5.74, 6) is 0. The molecule has 2 fully saturated rings. The monoisotopic (exact) mass is 368 g/mol. The average molecular weight is 368 g/mol. The minimum atomic E-state index is -3.75. The maximum Gasteiger partial charge on any atom is 0.321 e. The Labute approximate surface area is 147 Å². The van der Waals surface area contributed by atoms with Gasteiger partial charge in [-0.15, -0.1) is 0 Å². The molecule has 8 nitrogen and oxygen atoms in total. The zero-order valence-corrected chi connectivity index (χ0v) is 14.8. The minimum absolute atomic E-state index is 0.00717. The highest BCUT2D eigenvalue weighted by molar-refractivity contribution is 7.89. The SMILES string of the molecule is NS(=O)(=O)c1ccc(NC(=O)N2C[C@H](O)[C@@H](N3CCCCC3)C2)cc1. The Morgan fingerprint density at radius 2 is 1.76 bits per heavy atom. The highest BCUT2D eigenvalue weighted by Crippen LogP contribution is 2.22. The van der Waals surface area contributed by atoms with Crippen molar-refractivity contribution in [2.75, 3.05) is 31.5 Å². The van der Waals surface area contributed by atoms with Gasteiger partial charge in [0.2, 0.25) is 10.0 Å². The van der Waals surface area contributed by atoms with Crippen LogP contribution in [0.4, 0.5) is 10.5 Å². The molecule has 2 saturated heterocycles. The van der Waals surface area contributed by atoms with Crippen molar-refractivity contribution in [3.63, 3.8) is 0 Å². The molecule has 0 bridgehead atoms. The number of carbonyl (C=O) groups is 1. The molecule has 1 aromatic carbocycles. The van der Waals surface area contributed by atoms with Gasteiger partial charge in [0.05, 0.1) is 23.6 Å². The fourth-order valence-corrected chi connectivity index (χ4v) is 3.99. The first-order valence-electron chi connectivity index (χ1n) is 8.45. The number of hydrogen-bond acceptors (Lipinski definition) is 5. The summed E-state index contributed by atoms with van der Waals surface area (Å²) >= 11 is 0. The molecule has 2 aliphatic rings. The van der Waals surface area contributed by atoms with Crippen molar-refractivity contribution in [1.29, 1.82) is 0 Å². The summed E-state index contributed by atoms with van der Waals surface area (Å²) in [6.45, 7) is 2.71. The van der Waals surface area contributed by atoms with E-state index >= 15 is 0 Å². The summed E-state index contributed by atoms with van der Waals surface area (Å²) in [7, 11) is -3.75. The van der Waals surface area contributed by atoms with Crippen molar-refractivity contribution < 1.29 is 18.3 Å². The standard InChI is InChI=1S/C16H24N4O4S/c17-25(23,24)13-6-4-12(5-7-13)18-16(22)20-10-14(15(21)11-20)19-8-2-1-3-9-19/h4-7,14-15,21H,1-3,8-11H2,(H,18,22)(H2,17,23,24)/t14-,15-/m0/s1. The van der Waals surface area contributed by atoms with Gasteiger partial charge in [0.15, 0.2) is 0 Å². The number of sulfonamides is 1. The summed E-state index contributed by atoms with van der Waals surface area (Å²) in [4.78, 5) is 16.3. The lowest BCUT2D eigenvalue weighted by molar-refractivity contribution is 0.0706. The van der Waals surface area contributed by atoms with E-state index in [0.29, 0.717) is 18.8 Å². The summed E-state index contributed by atoms with van der Waals surface area (Å²) in [6, 6.07) is 5.36. The van der Waals surface area contributed by atoms with Gasteiger partial charge in [0.25, 0.3) is 0 Å². The number of primary sulfonamides is 1. The third kappa shape index (κ3) is 4.30. The molecule has 0 unspecified atom stereocenters. The van der Waals surface area contributed by atoms with Gasteiger partial charge in [-0.05, 0) is 50.2 Å². The van der Waals surface area contributed by atoms with Crippen LogP contribution in [0.25, 0.3) is 0 Å². The van der Waals surface area contributed by atoms with Crippen LogP contribution < -0.4 is 10.5 Å². The summed E-state index contributed by atoms with van der Waals surface area (Å²) < 4.78 is 22.5. The first kappa shape index (κ1) is 18.1. The van der Waals surface area contributed by atoms with Crippen molar-refractivity contribution in [2.45, 2.75) is 36.3 Å². The second-order valence-electron chi connectivity index (χ2n) is 6.64. The lowest BCUT2D eigenvalue weighted by Gasteiger charge is -2.33. The molecule has 25 heavy (non-hydrogen) atoms. The number of amides is 2. The molecule has 2 atom stereocenters. The second-order valence-corrected chi connectivity index (χ2v) is 8.20. The van der Waals surface area contributed by atoms with E-state index in [4.69, 9.17) is 5.14 Å². The highest BCUT2D eigenvalue weighted by Gasteiger charge is 2.37. The van der Waals surface area contributed by atoms with Crippen LogP contribution in [0.15, 0.2) is 29.2 Å². The van der Waals surface area contributed by atoms with E-state index < -0.39 is 16.1 Å². The minimum Gasteiger partial charge on any atom is -0.390 e. The number of benzene rings is 1. The number of aliphatic hydroxyl groups excluding tert-OH is 1. The van der Waals surface area contributed by atoms with Crippen LogP contribution in [0.1, 0.15) is 19.3 Å². The van der Waals surface area contributed by atoms with Crippen LogP contribution in [-0.4, -0.2) is 67.7 Å². The van der Waals surface area contributed by atoms with E-state index in [2.05, 4.69) is 10.2 Å². The molecule has 4 N–H and O–H groups in total. The van der Waals surface area contributed by atoms with Crippen molar-refractivity contribution in [3.8, 4) is 0 Å². The zero-order chi connectivity index (χ0) is 18.0. The third-order valence-corrected chi connectivity index (χ3v) is 5.77. The van der Waals surface area contributed by atoms with Crippen molar-refractivity contribution >= 4 is 21.7 Å². The fraction of sp³-hybridized carbons (Fsp3) is 0.562. The third-order valence-electron chi connectivity index (χ3n) is 4.84. The number of anilines is 1. The second kappa shape index (κ2) is 7.28. The van der Waals surface area contributed by atoms with Crippen LogP contribution >= 0.6 is 0 Å². The summed E-state index contributed by atoms with van der Waals surface area (Å²) in [5.41, 5.74) is 0.480. The van der Waals surface area contributed by atoms with E-state index in [-0.39, 0.29) is 17.0 Å². The Hall–Kier alpha value is -1.68. The van der Waals surface area contributed by atoms with Gasteiger partial charge >= 0.3 is 6.03 Å². The molecule has 1 aromatic rings. The summed E-state index contributed by atoms with van der Waals surface area (Å²) in [6.07, 6.45) is 2.93. The van der Waals surface area contributed by atoms with Gasteiger partial charge in [-0.1, -0.05) is 6.42 Å². The number of β-amino-alcohol motifs (C(OH)–C–C–N with tert-alkyl or cyclic N) is 1. The molecule has 2 heterocycles. The molecular formula is C16H24N4O4S. The number of hydrogen-bond donors (Lipinski definition) is 3. The van der Waals surface area contributed by atoms with E-state index in [9.17, 15) is 18.3 Å². The van der Waals surface area contributed by atoms with Gasteiger partial charge in [0.1, 0.15) is 0 Å². The van der Waals surface area contributed by atoms with E-state index in [1.807, 2.05) is 0 Å². The van der Waals surface area contributed by atoms with E-state index in [1.54, 1.807) is 4.90 Å². The highest BCUT2D eigenvalue weighted by atomic mass is 32.2. The molecule has 0 spiro atoms. The number of likely N-dealkylation sites (tertiary alicyclic amines) is 2. The molecular weight excluding hydrogens is 344 g/mol. The summed E-state index contributed by atoms with van der Waals surface area (Å²) in [5, 5.41) is 18.1. The predicted molar refractivity (Wildman–Crippen MR) is 93.6 cm³/mol. The van der Waals surface area contributed by atoms with E-state index in [0.717, 1.165) is 25.9 Å². The number of aliphatic hydroxyl groups is 1. The van der Waals surface area contributed by atoms with Gasteiger partial charge in [-0.25, -0.2) is 18.4 Å². The number of carbonyl (C=O) groups excluding carboxylic acids is 1. The number of urea groups is 1. The van der Waals surface area contributed by atoms with Gasteiger partial charge in [-0.3, -0.25) is 4.90 Å². The number of nitrogens with two attached hydrogens (primary N) is 1. The van der Waals surface area contributed by atoms with Crippen molar-refractivity contribution in [3.05, 3.63) is 24.3 Å². The molecule has 0 aliphatic carbocycles. The lowest BCUT2D eigenvalue weighted by atomic mass is 10.1. The van der Waals surface area contributed by atoms with Crippen LogP contribution in [-0.2, 0) is 10.0 Å². The lowest BCUT2D eigenvalue weighted by Crippen LogP contribution is -2.46. The first-order valence-corrected chi connectivity index (χ1v) is 10.00. The Morgan fingerprint density at radius 3 is 2.36 bits per heavy atom. The van der Waals surface area contributed by atoms with Crippen molar-refractivity contribution in [1.82, 2.24) is 9.80 Å². The molecule has 0 saturated carbocycles. The van der Waals surface area contributed by atoms with Crippen LogP contribution in [0.5, 0.6) is 0 Å². The Bertz CT molecular complexity index is 716. The average Bonchev–Trinajstić information content (AvgIpc) is 2.97. The van der Waals surface area contributed by atoms with Crippen LogP contribution in [0.3, 0.4) is 0 Å². The largest absolute Gasteiger partial charge is 0.390 e. The number of nitrogens with one attached hydrogen (secondary N) is 1. The molecule has 2 aliphatic heterocycles. The van der Waals surface area contributed by atoms with Gasteiger partial charge in [0, 0.05) is 12.2 Å². The molecule has 0 aromatic heterocycles. The molecule has 0 radical (unpaired) electrons. The Morgan fingerprint density at radius 1 is 1.12 bits per heavy atom. The predicted octanol–water partition coefficient (Wildman–Crippen LogP) is 0.397. The first-order chi connectivity index (χ1) is 11.8. The zero-order valence-electron chi connectivity index (χ0n) is 14.0. The van der Waals surface area contributed by atoms with Crippen LogP contribution in [0.2, 0.25) is 0 Å².